The normalized spacial score (nSPS) is 11.8. The van der Waals surface area contributed by atoms with Crippen LogP contribution in [0.4, 0.5) is 19.3 Å². The Kier molecular flexibility index (Phi) is 4.74. The van der Waals surface area contributed by atoms with Gasteiger partial charge in [0.2, 0.25) is 0 Å². The third-order valence-electron chi connectivity index (χ3n) is 3.70. The maximum absolute atomic E-state index is 13.7. The van der Waals surface area contributed by atoms with E-state index in [0.717, 1.165) is 0 Å². The molecule has 2 N–H and O–H groups in total. The number of hydrogen-bond donors (Lipinski definition) is 2. The molecule has 0 radical (unpaired) electrons. The number of para-hydroxylation sites is 1. The topological polar surface area (TPSA) is 59.0 Å². The number of benzene rings is 2. The van der Waals surface area contributed by atoms with Crippen molar-refractivity contribution in [1.29, 1.82) is 0 Å². The van der Waals surface area contributed by atoms with Crippen LogP contribution in [0.25, 0.3) is 0 Å². The number of aromatic nitrogens is 2. The number of imidazole rings is 1. The van der Waals surface area contributed by atoms with E-state index < -0.39 is 23.7 Å². The van der Waals surface area contributed by atoms with Crippen LogP contribution in [0.15, 0.2) is 60.9 Å². The first-order chi connectivity index (χ1) is 12.0. The summed E-state index contributed by atoms with van der Waals surface area (Å²) in [5.41, 5.74) is 0.579. The lowest BCUT2D eigenvalue weighted by atomic mass is 10.1. The van der Waals surface area contributed by atoms with E-state index in [-0.39, 0.29) is 5.69 Å². The van der Waals surface area contributed by atoms with Gasteiger partial charge in [-0.1, -0.05) is 24.3 Å². The van der Waals surface area contributed by atoms with Crippen LogP contribution in [0.5, 0.6) is 0 Å². The summed E-state index contributed by atoms with van der Waals surface area (Å²) in [6, 6.07) is 10.4. The van der Waals surface area contributed by atoms with E-state index in [1.54, 1.807) is 42.2 Å². The Balaban J connectivity index is 1.87. The summed E-state index contributed by atoms with van der Waals surface area (Å²) >= 11 is 0. The second kappa shape index (κ2) is 7.12. The Labute approximate surface area is 143 Å². The van der Waals surface area contributed by atoms with Crippen molar-refractivity contribution in [3.8, 4) is 0 Å². The second-order valence-electron chi connectivity index (χ2n) is 5.46. The standard InChI is InChI=1S/C18H16F2N4O/c1-24-10-9-21-17(24)16(12-5-4-6-13(19)11-12)23-18(25)22-15-8-3-2-7-14(15)20/h2-11,16H,1H3,(H2,22,23,25). The van der Waals surface area contributed by atoms with Crippen LogP contribution in [0.1, 0.15) is 17.4 Å². The number of rotatable bonds is 4. The molecule has 128 valence electrons. The summed E-state index contributed by atoms with van der Waals surface area (Å²) in [5, 5.41) is 5.16. The van der Waals surface area contributed by atoms with Crippen molar-refractivity contribution in [1.82, 2.24) is 14.9 Å². The van der Waals surface area contributed by atoms with Crippen LogP contribution in [0, 0.1) is 11.6 Å². The van der Waals surface area contributed by atoms with Gasteiger partial charge in [-0.2, -0.15) is 0 Å². The summed E-state index contributed by atoms with van der Waals surface area (Å²) in [6.45, 7) is 0. The molecule has 1 atom stereocenters. The number of nitrogens with one attached hydrogen (secondary N) is 2. The fraction of sp³-hybridized carbons (Fsp3) is 0.111. The van der Waals surface area contributed by atoms with E-state index >= 15 is 0 Å². The molecule has 0 bridgehead atoms. The number of aryl methyl sites for hydroxylation is 1. The lowest BCUT2D eigenvalue weighted by Crippen LogP contribution is -2.34. The van der Waals surface area contributed by atoms with E-state index in [4.69, 9.17) is 0 Å². The van der Waals surface area contributed by atoms with Gasteiger partial charge in [-0.3, -0.25) is 0 Å². The lowest BCUT2D eigenvalue weighted by Gasteiger charge is -2.19. The van der Waals surface area contributed by atoms with Gasteiger partial charge in [-0.15, -0.1) is 0 Å². The Morgan fingerprint density at radius 3 is 2.64 bits per heavy atom. The monoisotopic (exact) mass is 342 g/mol. The van der Waals surface area contributed by atoms with Crippen LogP contribution in [-0.2, 0) is 7.05 Å². The maximum Gasteiger partial charge on any atom is 0.320 e. The summed E-state index contributed by atoms with van der Waals surface area (Å²) < 4.78 is 29.0. The molecule has 2 aromatic carbocycles. The van der Waals surface area contributed by atoms with Crippen molar-refractivity contribution in [2.24, 2.45) is 7.05 Å². The molecule has 1 aromatic heterocycles. The zero-order valence-corrected chi connectivity index (χ0v) is 13.4. The number of anilines is 1. The van der Waals surface area contributed by atoms with Gasteiger partial charge in [-0.05, 0) is 29.8 Å². The molecule has 7 heteroatoms. The number of carbonyl (C=O) groups excluding carboxylic acids is 1. The van der Waals surface area contributed by atoms with Gasteiger partial charge in [0.1, 0.15) is 23.5 Å². The Morgan fingerprint density at radius 2 is 1.96 bits per heavy atom. The highest BCUT2D eigenvalue weighted by Crippen LogP contribution is 2.22. The van der Waals surface area contributed by atoms with Crippen LogP contribution >= 0.6 is 0 Å². The minimum atomic E-state index is -0.692. The summed E-state index contributed by atoms with van der Waals surface area (Å²) in [5.74, 6) is -0.445. The zero-order chi connectivity index (χ0) is 17.8. The van der Waals surface area contributed by atoms with Gasteiger partial charge in [0.15, 0.2) is 0 Å². The average molecular weight is 342 g/mol. The van der Waals surface area contributed by atoms with Crippen molar-refractivity contribution in [3.05, 3.63) is 83.9 Å². The van der Waals surface area contributed by atoms with Crippen molar-refractivity contribution >= 4 is 11.7 Å². The molecule has 5 nitrogen and oxygen atoms in total. The molecular weight excluding hydrogens is 326 g/mol. The summed E-state index contributed by atoms with van der Waals surface area (Å²) in [6.07, 6.45) is 3.30. The predicted octanol–water partition coefficient (Wildman–Crippen LogP) is 3.61. The molecule has 0 saturated carbocycles. The molecule has 1 heterocycles. The van der Waals surface area contributed by atoms with E-state index in [1.807, 2.05) is 0 Å². The summed E-state index contributed by atoms with van der Waals surface area (Å²) in [4.78, 5) is 16.5. The van der Waals surface area contributed by atoms with Crippen molar-refractivity contribution in [2.75, 3.05) is 5.32 Å². The molecule has 0 aliphatic rings. The molecule has 3 aromatic rings. The molecule has 0 spiro atoms. The number of carbonyl (C=O) groups is 1. The molecule has 1 unspecified atom stereocenters. The van der Waals surface area contributed by atoms with E-state index in [0.29, 0.717) is 11.4 Å². The SMILES string of the molecule is Cn1ccnc1C(NC(=O)Nc1ccccc1F)c1cccc(F)c1. The average Bonchev–Trinajstić information content (AvgIpc) is 3.00. The Bertz CT molecular complexity index is 894. The molecule has 2 amide bonds. The first-order valence-corrected chi connectivity index (χ1v) is 7.59. The molecule has 3 rings (SSSR count). The van der Waals surface area contributed by atoms with Gasteiger partial charge in [0.25, 0.3) is 0 Å². The first-order valence-electron chi connectivity index (χ1n) is 7.59. The van der Waals surface area contributed by atoms with E-state index in [9.17, 15) is 13.6 Å². The van der Waals surface area contributed by atoms with Gasteiger partial charge in [0, 0.05) is 19.4 Å². The number of urea groups is 1. The molecule has 25 heavy (non-hydrogen) atoms. The van der Waals surface area contributed by atoms with Crippen LogP contribution in [-0.4, -0.2) is 15.6 Å². The fourth-order valence-corrected chi connectivity index (χ4v) is 2.49. The highest BCUT2D eigenvalue weighted by molar-refractivity contribution is 5.89. The fourth-order valence-electron chi connectivity index (χ4n) is 2.49. The van der Waals surface area contributed by atoms with Gasteiger partial charge in [0.05, 0.1) is 5.69 Å². The van der Waals surface area contributed by atoms with E-state index in [2.05, 4.69) is 15.6 Å². The smallest absolute Gasteiger partial charge is 0.320 e. The second-order valence-corrected chi connectivity index (χ2v) is 5.46. The van der Waals surface area contributed by atoms with Crippen molar-refractivity contribution < 1.29 is 13.6 Å². The van der Waals surface area contributed by atoms with Crippen LogP contribution in [0.3, 0.4) is 0 Å². The Hall–Kier alpha value is -3.22. The number of hydrogen-bond acceptors (Lipinski definition) is 2. The van der Waals surface area contributed by atoms with Gasteiger partial charge < -0.3 is 15.2 Å². The third kappa shape index (κ3) is 3.82. The van der Waals surface area contributed by atoms with Gasteiger partial charge >= 0.3 is 6.03 Å². The minimum absolute atomic E-state index is 0.0535. The largest absolute Gasteiger partial charge is 0.336 e. The minimum Gasteiger partial charge on any atom is -0.336 e. The highest BCUT2D eigenvalue weighted by atomic mass is 19.1. The summed E-state index contributed by atoms with van der Waals surface area (Å²) in [7, 11) is 1.77. The van der Waals surface area contributed by atoms with Crippen molar-refractivity contribution in [2.45, 2.75) is 6.04 Å². The Morgan fingerprint density at radius 1 is 1.16 bits per heavy atom. The van der Waals surface area contributed by atoms with E-state index in [1.165, 1.54) is 30.3 Å². The quantitative estimate of drug-likeness (QED) is 0.761. The van der Waals surface area contributed by atoms with Crippen LogP contribution < -0.4 is 10.6 Å². The predicted molar refractivity (Wildman–Crippen MR) is 90.0 cm³/mol. The molecule has 0 fully saturated rings. The maximum atomic E-state index is 13.7. The highest BCUT2D eigenvalue weighted by Gasteiger charge is 2.21. The van der Waals surface area contributed by atoms with Gasteiger partial charge in [-0.25, -0.2) is 18.6 Å². The molecule has 0 aliphatic heterocycles. The number of nitrogens with zero attached hydrogens (tertiary/aromatic N) is 2. The van der Waals surface area contributed by atoms with Crippen LogP contribution in [0.2, 0.25) is 0 Å². The molecule has 0 saturated heterocycles. The molecular formula is C18H16F2N4O. The molecule has 0 aliphatic carbocycles. The number of halogens is 2. The number of amides is 2. The lowest BCUT2D eigenvalue weighted by molar-refractivity contribution is 0.249. The third-order valence-corrected chi connectivity index (χ3v) is 3.70. The zero-order valence-electron chi connectivity index (χ0n) is 13.4. The van der Waals surface area contributed by atoms with Crippen molar-refractivity contribution in [3.63, 3.8) is 0 Å². The first kappa shape index (κ1) is 16.6.